The quantitative estimate of drug-likeness (QED) is 0.429. The summed E-state index contributed by atoms with van der Waals surface area (Å²) in [7, 11) is -3.49. The van der Waals surface area contributed by atoms with Gasteiger partial charge in [0.1, 0.15) is 5.82 Å². The van der Waals surface area contributed by atoms with Crippen molar-refractivity contribution in [3.05, 3.63) is 88.5 Å². The fourth-order valence-electron chi connectivity index (χ4n) is 4.87. The Bertz CT molecular complexity index is 1670. The van der Waals surface area contributed by atoms with Gasteiger partial charge in [-0.1, -0.05) is 12.1 Å². The molecule has 38 heavy (non-hydrogen) atoms. The molecule has 0 bridgehead atoms. The van der Waals surface area contributed by atoms with Crippen LogP contribution in [-0.4, -0.2) is 48.2 Å². The predicted octanol–water partition coefficient (Wildman–Crippen LogP) is 3.13. The second kappa shape index (κ2) is 9.77. The van der Waals surface area contributed by atoms with Gasteiger partial charge in [-0.25, -0.2) is 13.4 Å². The number of anilines is 1. The second-order valence-electron chi connectivity index (χ2n) is 9.64. The number of aryl methyl sites for hydroxylation is 1. The van der Waals surface area contributed by atoms with Gasteiger partial charge in [0.25, 0.3) is 5.91 Å². The van der Waals surface area contributed by atoms with E-state index < -0.39 is 9.84 Å². The molecular weight excluding hydrogens is 502 g/mol. The highest BCUT2D eigenvalue weighted by atomic mass is 32.2. The van der Waals surface area contributed by atoms with Gasteiger partial charge in [0, 0.05) is 29.4 Å². The Hall–Kier alpha value is -3.89. The van der Waals surface area contributed by atoms with Gasteiger partial charge in [-0.3, -0.25) is 14.8 Å². The predicted molar refractivity (Wildman–Crippen MR) is 143 cm³/mol. The van der Waals surface area contributed by atoms with Gasteiger partial charge >= 0.3 is 0 Å². The lowest BCUT2D eigenvalue weighted by Crippen LogP contribution is -2.31. The van der Waals surface area contributed by atoms with Gasteiger partial charge < -0.3 is 15.0 Å². The van der Waals surface area contributed by atoms with Crippen LogP contribution in [0.3, 0.4) is 0 Å². The number of fused-ring (bicyclic) bond motifs is 3. The number of hydrogen-bond donors (Lipinski definition) is 1. The van der Waals surface area contributed by atoms with Gasteiger partial charge in [0.2, 0.25) is 0 Å². The van der Waals surface area contributed by atoms with Crippen molar-refractivity contribution in [2.24, 2.45) is 0 Å². The molecule has 0 radical (unpaired) electrons. The van der Waals surface area contributed by atoms with E-state index in [1.807, 2.05) is 25.1 Å². The minimum absolute atomic E-state index is 0.0961. The number of benzene rings is 1. The molecule has 2 aliphatic rings. The van der Waals surface area contributed by atoms with E-state index in [1.54, 1.807) is 18.3 Å². The highest BCUT2D eigenvalue weighted by Crippen LogP contribution is 2.25. The molecule has 194 valence electrons. The molecular formula is C28H27N5O4S. The lowest BCUT2D eigenvalue weighted by molar-refractivity contribution is 0.0950. The maximum Gasteiger partial charge on any atom is 0.251 e. The van der Waals surface area contributed by atoms with Crippen molar-refractivity contribution in [1.29, 1.82) is 0 Å². The summed E-state index contributed by atoms with van der Waals surface area (Å²) in [5.41, 5.74) is 5.69. The fourth-order valence-corrected chi connectivity index (χ4v) is 6.26. The smallest absolute Gasteiger partial charge is 0.251 e. The molecule has 1 N–H and O–H groups in total. The molecule has 10 heteroatoms. The molecule has 6 rings (SSSR count). The average Bonchev–Trinajstić information content (AvgIpc) is 3.08. The van der Waals surface area contributed by atoms with E-state index in [4.69, 9.17) is 14.7 Å². The van der Waals surface area contributed by atoms with E-state index in [-0.39, 0.29) is 41.9 Å². The summed E-state index contributed by atoms with van der Waals surface area (Å²) in [6.07, 6.45) is 2.67. The van der Waals surface area contributed by atoms with E-state index in [2.05, 4.69) is 27.3 Å². The molecule has 0 saturated heterocycles. The van der Waals surface area contributed by atoms with Gasteiger partial charge in [0.05, 0.1) is 53.9 Å². The third-order valence-electron chi connectivity index (χ3n) is 6.99. The Balaban J connectivity index is 1.18. The molecule has 0 aliphatic carbocycles. The van der Waals surface area contributed by atoms with Crippen molar-refractivity contribution in [3.8, 4) is 0 Å². The minimum Gasteiger partial charge on any atom is -0.376 e. The topological polar surface area (TPSA) is 114 Å². The lowest BCUT2D eigenvalue weighted by Gasteiger charge is -2.29. The molecule has 0 unspecified atom stereocenters. The van der Waals surface area contributed by atoms with Crippen LogP contribution in [0.15, 0.2) is 59.6 Å². The number of ether oxygens (including phenoxy) is 1. The van der Waals surface area contributed by atoms with E-state index in [0.29, 0.717) is 17.8 Å². The molecule has 1 aromatic carbocycles. The van der Waals surface area contributed by atoms with Crippen LogP contribution < -0.4 is 10.2 Å². The molecule has 2 aliphatic heterocycles. The number of rotatable bonds is 4. The minimum atomic E-state index is -3.49. The first kappa shape index (κ1) is 24.4. The highest BCUT2D eigenvalue weighted by molar-refractivity contribution is 7.91. The van der Waals surface area contributed by atoms with Gasteiger partial charge in [-0.2, -0.15) is 0 Å². The molecule has 5 heterocycles. The molecule has 0 saturated carbocycles. The van der Waals surface area contributed by atoms with Crippen LogP contribution in [0.1, 0.15) is 38.6 Å². The van der Waals surface area contributed by atoms with Crippen LogP contribution in [-0.2, 0) is 40.7 Å². The van der Waals surface area contributed by atoms with Gasteiger partial charge in [0.15, 0.2) is 9.84 Å². The molecule has 4 aromatic rings. The Morgan fingerprint density at radius 1 is 1.08 bits per heavy atom. The van der Waals surface area contributed by atoms with Crippen LogP contribution in [0.25, 0.3) is 10.9 Å². The maximum absolute atomic E-state index is 12.9. The largest absolute Gasteiger partial charge is 0.376 e. The van der Waals surface area contributed by atoms with Crippen molar-refractivity contribution < 1.29 is 17.9 Å². The average molecular weight is 530 g/mol. The fraction of sp³-hybridized carbons (Fsp3) is 0.286. The Morgan fingerprint density at radius 3 is 2.84 bits per heavy atom. The Morgan fingerprint density at radius 2 is 1.95 bits per heavy atom. The number of aromatic nitrogens is 3. The monoisotopic (exact) mass is 529 g/mol. The molecule has 9 nitrogen and oxygen atoms in total. The van der Waals surface area contributed by atoms with E-state index in [1.165, 1.54) is 11.6 Å². The van der Waals surface area contributed by atoms with Crippen molar-refractivity contribution >= 4 is 32.5 Å². The Kier molecular flexibility index (Phi) is 6.29. The zero-order valence-electron chi connectivity index (χ0n) is 21.0. The van der Waals surface area contributed by atoms with Crippen molar-refractivity contribution in [3.63, 3.8) is 0 Å². The van der Waals surface area contributed by atoms with Crippen LogP contribution >= 0.6 is 0 Å². The first-order chi connectivity index (χ1) is 18.4. The van der Waals surface area contributed by atoms with Crippen LogP contribution in [0.4, 0.5) is 5.82 Å². The molecule has 0 spiro atoms. The molecule has 1 amide bonds. The van der Waals surface area contributed by atoms with E-state index in [9.17, 15) is 13.2 Å². The van der Waals surface area contributed by atoms with Crippen LogP contribution in [0.5, 0.6) is 0 Å². The standard InChI is InChI=1S/C28H27N5O4S/c1-18-2-3-19-8-9-33(16-25(19)31-18)27-7-6-21-14-29-23(13-24(21)32-27)15-30-28(34)20-4-5-22-17-37-10-11-38(35,36)26(22)12-20/h2-7,12-14H,8-11,15-17H2,1H3,(H,30,34). The number of sulfone groups is 1. The summed E-state index contributed by atoms with van der Waals surface area (Å²) >= 11 is 0. The third-order valence-corrected chi connectivity index (χ3v) is 8.74. The summed E-state index contributed by atoms with van der Waals surface area (Å²) in [6.45, 7) is 4.13. The Labute approximate surface area is 220 Å². The van der Waals surface area contributed by atoms with Crippen molar-refractivity contribution in [2.45, 2.75) is 37.9 Å². The molecule has 0 atom stereocenters. The summed E-state index contributed by atoms with van der Waals surface area (Å²) in [4.78, 5) is 29.3. The van der Waals surface area contributed by atoms with Gasteiger partial charge in [-0.15, -0.1) is 0 Å². The lowest BCUT2D eigenvalue weighted by atomic mass is 10.0. The van der Waals surface area contributed by atoms with Crippen molar-refractivity contribution in [2.75, 3.05) is 23.8 Å². The highest BCUT2D eigenvalue weighted by Gasteiger charge is 2.24. The normalized spacial score (nSPS) is 16.4. The van der Waals surface area contributed by atoms with Crippen LogP contribution in [0, 0.1) is 6.92 Å². The SMILES string of the molecule is Cc1ccc2c(n1)CN(c1ccc3cnc(CNC(=O)c4ccc5c(c4)S(=O)(=O)CCOC5)cc3n1)CC2. The van der Waals surface area contributed by atoms with E-state index in [0.717, 1.165) is 41.1 Å². The molecule has 3 aromatic heterocycles. The number of carbonyl (C=O) groups is 1. The first-order valence-electron chi connectivity index (χ1n) is 12.5. The number of nitrogens with zero attached hydrogens (tertiary/aromatic N) is 4. The van der Waals surface area contributed by atoms with Gasteiger partial charge in [-0.05, 0) is 60.9 Å². The zero-order valence-corrected chi connectivity index (χ0v) is 21.8. The summed E-state index contributed by atoms with van der Waals surface area (Å²) < 4.78 is 30.5. The second-order valence-corrected chi connectivity index (χ2v) is 11.7. The third kappa shape index (κ3) is 4.84. The number of pyridine rings is 3. The zero-order chi connectivity index (χ0) is 26.3. The summed E-state index contributed by atoms with van der Waals surface area (Å²) in [6, 6.07) is 14.8. The molecule has 0 fully saturated rings. The van der Waals surface area contributed by atoms with E-state index >= 15 is 0 Å². The summed E-state index contributed by atoms with van der Waals surface area (Å²) in [5, 5.41) is 3.76. The number of hydrogen-bond acceptors (Lipinski definition) is 8. The van der Waals surface area contributed by atoms with Crippen LogP contribution in [0.2, 0.25) is 0 Å². The first-order valence-corrected chi connectivity index (χ1v) is 14.2. The number of amides is 1. The maximum atomic E-state index is 12.9. The number of nitrogens with one attached hydrogen (secondary N) is 1. The van der Waals surface area contributed by atoms with Crippen molar-refractivity contribution in [1.82, 2.24) is 20.3 Å². The summed E-state index contributed by atoms with van der Waals surface area (Å²) in [5.74, 6) is 0.413. The number of carbonyl (C=O) groups excluding carboxylic acids is 1.